The lowest BCUT2D eigenvalue weighted by Crippen LogP contribution is -2.43. The Bertz CT molecular complexity index is 478. The van der Waals surface area contributed by atoms with Gasteiger partial charge in [-0.15, -0.1) is 5.10 Å². The Labute approximate surface area is 98.7 Å². The average molecular weight is 231 g/mol. The van der Waals surface area contributed by atoms with E-state index in [9.17, 15) is 0 Å². The summed E-state index contributed by atoms with van der Waals surface area (Å²) in [6.07, 6.45) is 3.42. The van der Waals surface area contributed by atoms with E-state index in [1.807, 2.05) is 12.1 Å². The van der Waals surface area contributed by atoms with Crippen molar-refractivity contribution in [2.45, 2.75) is 0 Å². The molecule has 0 aromatic carbocycles. The standard InChI is InChI=1S/C11H13N5O/c1-3-12-4-2-9(1)10-14-15-11(17-10)16-7-5-13-6-8-16/h1-4,13H,5-8H2. The van der Waals surface area contributed by atoms with Crippen molar-refractivity contribution < 1.29 is 4.42 Å². The van der Waals surface area contributed by atoms with E-state index in [1.165, 1.54) is 0 Å². The van der Waals surface area contributed by atoms with Gasteiger partial charge >= 0.3 is 6.01 Å². The Morgan fingerprint density at radius 1 is 1.12 bits per heavy atom. The number of pyridine rings is 1. The zero-order valence-electron chi connectivity index (χ0n) is 9.33. The summed E-state index contributed by atoms with van der Waals surface area (Å²) in [5.74, 6) is 0.543. The molecule has 3 rings (SSSR count). The molecule has 0 unspecified atom stereocenters. The zero-order chi connectivity index (χ0) is 11.5. The highest BCUT2D eigenvalue weighted by Crippen LogP contribution is 2.21. The molecule has 2 aromatic rings. The van der Waals surface area contributed by atoms with Crippen molar-refractivity contribution in [3.05, 3.63) is 24.5 Å². The fourth-order valence-corrected chi connectivity index (χ4v) is 1.81. The molecule has 17 heavy (non-hydrogen) atoms. The van der Waals surface area contributed by atoms with Crippen LogP contribution in [0.2, 0.25) is 0 Å². The molecule has 0 aliphatic carbocycles. The van der Waals surface area contributed by atoms with Crippen molar-refractivity contribution in [1.82, 2.24) is 20.5 Å². The lowest BCUT2D eigenvalue weighted by Gasteiger charge is -2.24. The minimum atomic E-state index is 0.543. The number of piperazine rings is 1. The summed E-state index contributed by atoms with van der Waals surface area (Å²) >= 11 is 0. The molecule has 0 spiro atoms. The minimum absolute atomic E-state index is 0.543. The molecule has 88 valence electrons. The second kappa shape index (κ2) is 4.50. The molecule has 3 heterocycles. The number of hydrogen-bond donors (Lipinski definition) is 1. The molecular weight excluding hydrogens is 218 g/mol. The van der Waals surface area contributed by atoms with E-state index in [4.69, 9.17) is 4.42 Å². The van der Waals surface area contributed by atoms with E-state index < -0.39 is 0 Å². The van der Waals surface area contributed by atoms with Gasteiger partial charge in [0.1, 0.15) is 0 Å². The van der Waals surface area contributed by atoms with Crippen molar-refractivity contribution in [3.63, 3.8) is 0 Å². The molecule has 1 aliphatic rings. The van der Waals surface area contributed by atoms with Gasteiger partial charge in [0, 0.05) is 44.1 Å². The van der Waals surface area contributed by atoms with Crippen LogP contribution in [0.25, 0.3) is 11.5 Å². The van der Waals surface area contributed by atoms with E-state index in [0.717, 1.165) is 31.7 Å². The quantitative estimate of drug-likeness (QED) is 0.813. The maximum atomic E-state index is 5.66. The van der Waals surface area contributed by atoms with Crippen molar-refractivity contribution in [3.8, 4) is 11.5 Å². The summed E-state index contributed by atoms with van der Waals surface area (Å²) in [5.41, 5.74) is 0.897. The summed E-state index contributed by atoms with van der Waals surface area (Å²) in [4.78, 5) is 6.05. The molecule has 1 saturated heterocycles. The van der Waals surface area contributed by atoms with Crippen LogP contribution < -0.4 is 10.2 Å². The Kier molecular flexibility index (Phi) is 2.71. The van der Waals surface area contributed by atoms with Crippen LogP contribution in [0.15, 0.2) is 28.9 Å². The zero-order valence-corrected chi connectivity index (χ0v) is 9.33. The topological polar surface area (TPSA) is 67.1 Å². The number of rotatable bonds is 2. The second-order valence-electron chi connectivity index (χ2n) is 3.86. The molecule has 1 fully saturated rings. The summed E-state index contributed by atoms with van der Waals surface area (Å²) < 4.78 is 5.66. The summed E-state index contributed by atoms with van der Waals surface area (Å²) in [6, 6.07) is 4.31. The van der Waals surface area contributed by atoms with Crippen LogP contribution in [0.4, 0.5) is 6.01 Å². The van der Waals surface area contributed by atoms with Gasteiger partial charge < -0.3 is 14.6 Å². The van der Waals surface area contributed by atoms with E-state index >= 15 is 0 Å². The van der Waals surface area contributed by atoms with Gasteiger partial charge in [0.05, 0.1) is 0 Å². The molecule has 0 bridgehead atoms. The van der Waals surface area contributed by atoms with E-state index in [2.05, 4.69) is 25.4 Å². The van der Waals surface area contributed by atoms with E-state index in [1.54, 1.807) is 12.4 Å². The van der Waals surface area contributed by atoms with Gasteiger partial charge in [0.15, 0.2) is 0 Å². The third-order valence-corrected chi connectivity index (χ3v) is 2.73. The molecule has 0 radical (unpaired) electrons. The molecule has 6 nitrogen and oxygen atoms in total. The molecule has 1 N–H and O–H groups in total. The van der Waals surface area contributed by atoms with Crippen LogP contribution in [-0.2, 0) is 0 Å². The maximum absolute atomic E-state index is 5.66. The second-order valence-corrected chi connectivity index (χ2v) is 3.86. The number of anilines is 1. The van der Waals surface area contributed by atoms with Crippen molar-refractivity contribution in [2.24, 2.45) is 0 Å². The maximum Gasteiger partial charge on any atom is 0.318 e. The third kappa shape index (κ3) is 2.12. The monoisotopic (exact) mass is 231 g/mol. The van der Waals surface area contributed by atoms with E-state index in [0.29, 0.717) is 11.9 Å². The average Bonchev–Trinajstić information content (AvgIpc) is 2.90. The van der Waals surface area contributed by atoms with Gasteiger partial charge in [-0.2, -0.15) is 0 Å². The molecule has 0 atom stereocenters. The van der Waals surface area contributed by atoms with Crippen molar-refractivity contribution in [2.75, 3.05) is 31.1 Å². The van der Waals surface area contributed by atoms with Gasteiger partial charge in [-0.25, -0.2) is 0 Å². The fourth-order valence-electron chi connectivity index (χ4n) is 1.81. The molecule has 0 amide bonds. The largest absolute Gasteiger partial charge is 0.403 e. The first kappa shape index (κ1) is 10.2. The predicted molar refractivity (Wildman–Crippen MR) is 62.6 cm³/mol. The Morgan fingerprint density at radius 2 is 1.88 bits per heavy atom. The SMILES string of the molecule is c1cc(-c2nnc(N3CCNCC3)o2)ccn1. The number of nitrogens with one attached hydrogen (secondary N) is 1. The number of hydrogen-bond acceptors (Lipinski definition) is 6. The van der Waals surface area contributed by atoms with Crippen molar-refractivity contribution in [1.29, 1.82) is 0 Å². The van der Waals surface area contributed by atoms with Crippen LogP contribution in [0.3, 0.4) is 0 Å². The normalized spacial score (nSPS) is 16.1. The Balaban J connectivity index is 1.83. The van der Waals surface area contributed by atoms with Crippen LogP contribution >= 0.6 is 0 Å². The molecular formula is C11H13N5O. The first-order valence-corrected chi connectivity index (χ1v) is 5.63. The van der Waals surface area contributed by atoms with Crippen LogP contribution in [0.1, 0.15) is 0 Å². The summed E-state index contributed by atoms with van der Waals surface area (Å²) in [5, 5.41) is 11.4. The number of nitrogens with zero attached hydrogens (tertiary/aromatic N) is 4. The molecule has 6 heteroatoms. The predicted octanol–water partition coefficient (Wildman–Crippen LogP) is 0.541. The Hall–Kier alpha value is -1.95. The highest BCUT2D eigenvalue weighted by atomic mass is 16.4. The first-order valence-electron chi connectivity index (χ1n) is 5.63. The lowest BCUT2D eigenvalue weighted by molar-refractivity contribution is 0.505. The minimum Gasteiger partial charge on any atom is -0.403 e. The lowest BCUT2D eigenvalue weighted by atomic mass is 10.3. The summed E-state index contributed by atoms with van der Waals surface area (Å²) in [6.45, 7) is 3.70. The molecule has 2 aromatic heterocycles. The van der Waals surface area contributed by atoms with Crippen LogP contribution in [0, 0.1) is 0 Å². The Morgan fingerprint density at radius 3 is 2.65 bits per heavy atom. The summed E-state index contributed by atoms with van der Waals surface area (Å²) in [7, 11) is 0. The van der Waals surface area contributed by atoms with E-state index in [-0.39, 0.29) is 0 Å². The highest BCUT2D eigenvalue weighted by Gasteiger charge is 2.17. The van der Waals surface area contributed by atoms with Gasteiger partial charge in [-0.05, 0) is 12.1 Å². The highest BCUT2D eigenvalue weighted by molar-refractivity contribution is 5.52. The third-order valence-electron chi connectivity index (χ3n) is 2.73. The van der Waals surface area contributed by atoms with Gasteiger partial charge in [-0.3, -0.25) is 4.98 Å². The first-order chi connectivity index (χ1) is 8.43. The number of aromatic nitrogens is 3. The molecule has 0 saturated carbocycles. The van der Waals surface area contributed by atoms with Gasteiger partial charge in [0.25, 0.3) is 0 Å². The molecule has 1 aliphatic heterocycles. The van der Waals surface area contributed by atoms with Crippen LogP contribution in [0.5, 0.6) is 0 Å². The van der Waals surface area contributed by atoms with Gasteiger partial charge in [-0.1, -0.05) is 5.10 Å². The van der Waals surface area contributed by atoms with Crippen LogP contribution in [-0.4, -0.2) is 41.4 Å². The fraction of sp³-hybridized carbons (Fsp3) is 0.364. The smallest absolute Gasteiger partial charge is 0.318 e. The van der Waals surface area contributed by atoms with Gasteiger partial charge in [0.2, 0.25) is 5.89 Å². The van der Waals surface area contributed by atoms with Crippen molar-refractivity contribution >= 4 is 6.01 Å².